The smallest absolute Gasteiger partial charge is 0.237 e. The Labute approximate surface area is 154 Å². The first-order valence-electron chi connectivity index (χ1n) is 7.58. The summed E-state index contributed by atoms with van der Waals surface area (Å²) in [6.07, 6.45) is 0.706. The second-order valence-corrected chi connectivity index (χ2v) is 7.41. The van der Waals surface area contributed by atoms with E-state index < -0.39 is 0 Å². The van der Waals surface area contributed by atoms with Gasteiger partial charge in [-0.25, -0.2) is 0 Å². The molecule has 0 aliphatic rings. The van der Waals surface area contributed by atoms with Crippen LogP contribution in [0.15, 0.2) is 57.9 Å². The number of amides is 2. The number of rotatable bonds is 6. The fraction of sp³-hybridized carbons (Fsp3) is 0.222. The zero-order valence-corrected chi connectivity index (χ0v) is 15.9. The van der Waals surface area contributed by atoms with Gasteiger partial charge in [0.1, 0.15) is 0 Å². The van der Waals surface area contributed by atoms with Gasteiger partial charge in [0.2, 0.25) is 11.8 Å². The first-order chi connectivity index (χ1) is 11.5. The highest BCUT2D eigenvalue weighted by atomic mass is 79.9. The third-order valence-corrected chi connectivity index (χ3v) is 5.09. The van der Waals surface area contributed by atoms with Crippen LogP contribution in [0.25, 0.3) is 0 Å². The Kier molecular flexibility index (Phi) is 6.87. The van der Waals surface area contributed by atoms with E-state index in [4.69, 9.17) is 0 Å². The number of carbonyl (C=O) groups is 2. The van der Waals surface area contributed by atoms with Gasteiger partial charge in [0, 0.05) is 27.7 Å². The van der Waals surface area contributed by atoms with Gasteiger partial charge in [-0.2, -0.15) is 0 Å². The highest BCUT2D eigenvalue weighted by molar-refractivity contribution is 9.10. The van der Waals surface area contributed by atoms with E-state index in [9.17, 15) is 9.59 Å². The van der Waals surface area contributed by atoms with Crippen molar-refractivity contribution in [1.82, 2.24) is 0 Å². The highest BCUT2D eigenvalue weighted by Gasteiger charge is 2.18. The van der Waals surface area contributed by atoms with Crippen LogP contribution in [-0.4, -0.2) is 17.1 Å². The lowest BCUT2D eigenvalue weighted by Crippen LogP contribution is -2.24. The van der Waals surface area contributed by atoms with E-state index in [1.54, 1.807) is 0 Å². The number of carbonyl (C=O) groups excluding carboxylic acids is 2. The van der Waals surface area contributed by atoms with Gasteiger partial charge in [-0.05, 0) is 48.9 Å². The molecule has 0 radical (unpaired) electrons. The topological polar surface area (TPSA) is 58.2 Å². The van der Waals surface area contributed by atoms with E-state index in [-0.39, 0.29) is 17.1 Å². The highest BCUT2D eigenvalue weighted by Crippen LogP contribution is 2.28. The van der Waals surface area contributed by atoms with E-state index in [2.05, 4.69) is 26.6 Å². The molecule has 0 spiro atoms. The molecule has 1 unspecified atom stereocenters. The van der Waals surface area contributed by atoms with E-state index in [1.807, 2.05) is 55.5 Å². The van der Waals surface area contributed by atoms with Crippen molar-refractivity contribution in [1.29, 1.82) is 0 Å². The summed E-state index contributed by atoms with van der Waals surface area (Å²) in [6, 6.07) is 15.0. The van der Waals surface area contributed by atoms with E-state index in [1.165, 1.54) is 18.7 Å². The molecule has 0 aliphatic heterocycles. The lowest BCUT2D eigenvalue weighted by atomic mass is 10.3. The third kappa shape index (κ3) is 5.69. The molecule has 0 bridgehead atoms. The van der Waals surface area contributed by atoms with Crippen molar-refractivity contribution < 1.29 is 9.59 Å². The van der Waals surface area contributed by atoms with Crippen molar-refractivity contribution in [2.45, 2.75) is 30.4 Å². The molecule has 0 aliphatic carbocycles. The minimum atomic E-state index is -0.207. The Balaban J connectivity index is 2.04. The molecule has 2 rings (SSSR count). The third-order valence-electron chi connectivity index (χ3n) is 3.21. The largest absolute Gasteiger partial charge is 0.326 e. The number of thioether (sulfide) groups is 1. The summed E-state index contributed by atoms with van der Waals surface area (Å²) in [7, 11) is 0. The minimum absolute atomic E-state index is 0.0326. The Morgan fingerprint density at radius 3 is 2.42 bits per heavy atom. The molecule has 0 aromatic heterocycles. The SMILES string of the molecule is CCC(Sc1cccc(NC(C)=O)c1)C(=O)Nc1ccc(Br)cc1. The van der Waals surface area contributed by atoms with Crippen LogP contribution in [0.5, 0.6) is 0 Å². The summed E-state index contributed by atoms with van der Waals surface area (Å²) in [5.74, 6) is -0.146. The van der Waals surface area contributed by atoms with Crippen LogP contribution >= 0.6 is 27.7 Å². The maximum atomic E-state index is 12.5. The number of hydrogen-bond acceptors (Lipinski definition) is 3. The van der Waals surface area contributed by atoms with Crippen LogP contribution in [0.3, 0.4) is 0 Å². The molecule has 126 valence electrons. The van der Waals surface area contributed by atoms with Gasteiger partial charge < -0.3 is 10.6 Å². The van der Waals surface area contributed by atoms with Gasteiger partial charge in [0.15, 0.2) is 0 Å². The van der Waals surface area contributed by atoms with Crippen molar-refractivity contribution >= 4 is 50.9 Å². The molecule has 2 N–H and O–H groups in total. The summed E-state index contributed by atoms with van der Waals surface area (Å²) in [5.41, 5.74) is 1.50. The molecule has 6 heteroatoms. The Morgan fingerprint density at radius 2 is 1.79 bits per heavy atom. The van der Waals surface area contributed by atoms with Crippen molar-refractivity contribution in [2.24, 2.45) is 0 Å². The summed E-state index contributed by atoms with van der Waals surface area (Å²) < 4.78 is 0.969. The number of hydrogen-bond donors (Lipinski definition) is 2. The van der Waals surface area contributed by atoms with E-state index >= 15 is 0 Å². The van der Waals surface area contributed by atoms with E-state index in [0.717, 1.165) is 20.7 Å². The Morgan fingerprint density at radius 1 is 1.08 bits per heavy atom. The molecule has 2 aromatic carbocycles. The number of halogens is 1. The molecule has 0 saturated carbocycles. The van der Waals surface area contributed by atoms with Gasteiger partial charge in [0.05, 0.1) is 5.25 Å². The molecular formula is C18H19BrN2O2S. The van der Waals surface area contributed by atoms with Crippen molar-refractivity contribution in [2.75, 3.05) is 10.6 Å². The van der Waals surface area contributed by atoms with Gasteiger partial charge in [-0.15, -0.1) is 11.8 Å². The van der Waals surface area contributed by atoms with Gasteiger partial charge in [-0.3, -0.25) is 9.59 Å². The van der Waals surface area contributed by atoms with Crippen LogP contribution < -0.4 is 10.6 Å². The molecule has 2 aromatic rings. The summed E-state index contributed by atoms with van der Waals surface area (Å²) in [4.78, 5) is 24.6. The van der Waals surface area contributed by atoms with Crippen LogP contribution in [0.2, 0.25) is 0 Å². The second kappa shape index (κ2) is 8.89. The lowest BCUT2D eigenvalue weighted by molar-refractivity contribution is -0.116. The first-order valence-corrected chi connectivity index (χ1v) is 9.26. The monoisotopic (exact) mass is 406 g/mol. The van der Waals surface area contributed by atoms with Gasteiger partial charge in [0.25, 0.3) is 0 Å². The van der Waals surface area contributed by atoms with Crippen molar-refractivity contribution in [3.63, 3.8) is 0 Å². The first kappa shape index (κ1) is 18.5. The quantitative estimate of drug-likeness (QED) is 0.669. The molecule has 1 atom stereocenters. The van der Waals surface area contributed by atoms with Crippen LogP contribution in [0.4, 0.5) is 11.4 Å². The minimum Gasteiger partial charge on any atom is -0.326 e. The lowest BCUT2D eigenvalue weighted by Gasteiger charge is -2.15. The maximum Gasteiger partial charge on any atom is 0.237 e. The number of benzene rings is 2. The predicted molar refractivity (Wildman–Crippen MR) is 103 cm³/mol. The van der Waals surface area contributed by atoms with Crippen molar-refractivity contribution in [3.05, 3.63) is 53.0 Å². The fourth-order valence-corrected chi connectivity index (χ4v) is 3.37. The maximum absolute atomic E-state index is 12.5. The normalized spacial score (nSPS) is 11.6. The average Bonchev–Trinajstić information content (AvgIpc) is 2.54. The molecule has 0 saturated heterocycles. The van der Waals surface area contributed by atoms with E-state index in [0.29, 0.717) is 6.42 Å². The van der Waals surface area contributed by atoms with Crippen molar-refractivity contribution in [3.8, 4) is 0 Å². The molecule has 4 nitrogen and oxygen atoms in total. The zero-order valence-electron chi connectivity index (χ0n) is 13.5. The molecular weight excluding hydrogens is 388 g/mol. The Bertz CT molecular complexity index is 719. The van der Waals surface area contributed by atoms with Crippen LogP contribution in [-0.2, 0) is 9.59 Å². The standard InChI is InChI=1S/C18H19BrN2O2S/c1-3-17(18(23)21-14-9-7-13(19)8-10-14)24-16-6-4-5-15(11-16)20-12(2)22/h4-11,17H,3H2,1-2H3,(H,20,22)(H,21,23). The summed E-state index contributed by atoms with van der Waals surface area (Å²) in [6.45, 7) is 3.46. The molecule has 2 amide bonds. The average molecular weight is 407 g/mol. The predicted octanol–water partition coefficient (Wildman–Crippen LogP) is 4.92. The molecule has 0 heterocycles. The zero-order chi connectivity index (χ0) is 17.5. The van der Waals surface area contributed by atoms with Crippen LogP contribution in [0.1, 0.15) is 20.3 Å². The number of nitrogens with one attached hydrogen (secondary N) is 2. The molecule has 24 heavy (non-hydrogen) atoms. The second-order valence-electron chi connectivity index (χ2n) is 5.22. The number of anilines is 2. The van der Waals surface area contributed by atoms with Gasteiger partial charge >= 0.3 is 0 Å². The Hall–Kier alpha value is -1.79. The van der Waals surface area contributed by atoms with Gasteiger partial charge in [-0.1, -0.05) is 28.9 Å². The van der Waals surface area contributed by atoms with Crippen LogP contribution in [0, 0.1) is 0 Å². The summed E-state index contributed by atoms with van der Waals surface area (Å²) >= 11 is 4.86. The fourth-order valence-electron chi connectivity index (χ4n) is 2.09. The summed E-state index contributed by atoms with van der Waals surface area (Å²) in [5, 5.41) is 5.48. The molecule has 0 fully saturated rings.